The summed E-state index contributed by atoms with van der Waals surface area (Å²) < 4.78 is 5.02. The second kappa shape index (κ2) is 3.15. The van der Waals surface area contributed by atoms with Crippen LogP contribution in [0.25, 0.3) is 5.57 Å². The van der Waals surface area contributed by atoms with Gasteiger partial charge in [0.25, 0.3) is 0 Å². The molecule has 0 radical (unpaired) electrons. The molecule has 2 rings (SSSR count). The molecule has 1 aromatic rings. The molecule has 2 N–H and O–H groups in total. The number of furan rings is 1. The van der Waals surface area contributed by atoms with Crippen LogP contribution in [-0.4, -0.2) is 6.04 Å². The van der Waals surface area contributed by atoms with Gasteiger partial charge in [-0.2, -0.15) is 0 Å². The fraction of sp³-hybridized carbons (Fsp3) is 0.400. The smallest absolute Gasteiger partial charge is 0.0977 e. The highest BCUT2D eigenvalue weighted by Crippen LogP contribution is 2.26. The Hall–Kier alpha value is -1.02. The summed E-state index contributed by atoms with van der Waals surface area (Å²) in [5, 5.41) is 0. The van der Waals surface area contributed by atoms with E-state index in [4.69, 9.17) is 10.2 Å². The van der Waals surface area contributed by atoms with E-state index in [-0.39, 0.29) is 6.04 Å². The van der Waals surface area contributed by atoms with Crippen LogP contribution < -0.4 is 5.73 Å². The lowest BCUT2D eigenvalue weighted by Crippen LogP contribution is -2.19. The Morgan fingerprint density at radius 2 is 2.42 bits per heavy atom. The normalized spacial score (nSPS) is 23.8. The van der Waals surface area contributed by atoms with Crippen LogP contribution in [0.3, 0.4) is 0 Å². The zero-order valence-electron chi connectivity index (χ0n) is 6.99. The van der Waals surface area contributed by atoms with Crippen LogP contribution in [0.1, 0.15) is 24.8 Å². The van der Waals surface area contributed by atoms with E-state index in [9.17, 15) is 0 Å². The van der Waals surface area contributed by atoms with Crippen molar-refractivity contribution in [2.45, 2.75) is 25.3 Å². The van der Waals surface area contributed by atoms with Crippen molar-refractivity contribution in [1.29, 1.82) is 0 Å². The molecule has 0 fully saturated rings. The van der Waals surface area contributed by atoms with Gasteiger partial charge in [-0.25, -0.2) is 0 Å². The van der Waals surface area contributed by atoms with Crippen LogP contribution >= 0.6 is 0 Å². The summed E-state index contributed by atoms with van der Waals surface area (Å²) in [5.74, 6) is 0. The Kier molecular flexibility index (Phi) is 2.00. The summed E-state index contributed by atoms with van der Waals surface area (Å²) in [6, 6.07) is 2.23. The molecule has 12 heavy (non-hydrogen) atoms. The first kappa shape index (κ1) is 7.62. The SMILES string of the molecule is NC1C=C(c2ccoc2)CCC1. The predicted octanol–water partition coefficient (Wildman–Crippen LogP) is 2.17. The molecule has 1 atom stereocenters. The van der Waals surface area contributed by atoms with Gasteiger partial charge in [0.05, 0.1) is 12.5 Å². The summed E-state index contributed by atoms with van der Waals surface area (Å²) in [4.78, 5) is 0. The summed E-state index contributed by atoms with van der Waals surface area (Å²) in [5.41, 5.74) is 8.35. The maximum absolute atomic E-state index is 5.82. The molecule has 0 amide bonds. The van der Waals surface area contributed by atoms with E-state index in [0.717, 1.165) is 12.8 Å². The molecule has 1 aliphatic carbocycles. The van der Waals surface area contributed by atoms with Gasteiger partial charge in [0.1, 0.15) is 0 Å². The maximum atomic E-state index is 5.82. The summed E-state index contributed by atoms with van der Waals surface area (Å²) >= 11 is 0. The van der Waals surface area contributed by atoms with Gasteiger partial charge in [-0.15, -0.1) is 0 Å². The standard InChI is InChI=1S/C10H13NO/c11-10-3-1-2-8(6-10)9-4-5-12-7-9/h4-7,10H,1-3,11H2. The second-order valence-corrected chi connectivity index (χ2v) is 3.26. The van der Waals surface area contributed by atoms with Crippen molar-refractivity contribution in [2.75, 3.05) is 0 Å². The monoisotopic (exact) mass is 163 g/mol. The van der Waals surface area contributed by atoms with Crippen molar-refractivity contribution >= 4 is 5.57 Å². The minimum atomic E-state index is 0.239. The van der Waals surface area contributed by atoms with Crippen molar-refractivity contribution < 1.29 is 4.42 Å². The van der Waals surface area contributed by atoms with Crippen molar-refractivity contribution in [3.8, 4) is 0 Å². The van der Waals surface area contributed by atoms with Gasteiger partial charge in [-0.1, -0.05) is 6.08 Å². The van der Waals surface area contributed by atoms with E-state index in [2.05, 4.69) is 6.08 Å². The van der Waals surface area contributed by atoms with Crippen LogP contribution in [0.2, 0.25) is 0 Å². The van der Waals surface area contributed by atoms with Crippen LogP contribution in [0.5, 0.6) is 0 Å². The van der Waals surface area contributed by atoms with E-state index >= 15 is 0 Å². The number of allylic oxidation sites excluding steroid dienone is 1. The van der Waals surface area contributed by atoms with Crippen molar-refractivity contribution in [1.82, 2.24) is 0 Å². The van der Waals surface area contributed by atoms with Gasteiger partial charge in [-0.3, -0.25) is 0 Å². The molecule has 1 aliphatic rings. The third-order valence-electron chi connectivity index (χ3n) is 2.29. The predicted molar refractivity (Wildman–Crippen MR) is 48.5 cm³/mol. The first-order chi connectivity index (χ1) is 5.86. The lowest BCUT2D eigenvalue weighted by atomic mass is 9.93. The quantitative estimate of drug-likeness (QED) is 0.689. The van der Waals surface area contributed by atoms with Gasteiger partial charge < -0.3 is 10.2 Å². The van der Waals surface area contributed by atoms with Crippen LogP contribution in [0, 0.1) is 0 Å². The fourth-order valence-electron chi connectivity index (χ4n) is 1.64. The van der Waals surface area contributed by atoms with E-state index in [1.165, 1.54) is 17.6 Å². The molecule has 0 aromatic carbocycles. The average Bonchev–Trinajstić information content (AvgIpc) is 2.56. The van der Waals surface area contributed by atoms with E-state index < -0.39 is 0 Å². The lowest BCUT2D eigenvalue weighted by molar-refractivity contribution is 0.566. The molecule has 0 spiro atoms. The summed E-state index contributed by atoms with van der Waals surface area (Å²) in [7, 11) is 0. The molecule has 0 aliphatic heterocycles. The topological polar surface area (TPSA) is 39.2 Å². The van der Waals surface area contributed by atoms with E-state index in [1.54, 1.807) is 12.5 Å². The van der Waals surface area contributed by atoms with Gasteiger partial charge >= 0.3 is 0 Å². The molecule has 2 nitrogen and oxygen atoms in total. The Morgan fingerprint density at radius 1 is 1.50 bits per heavy atom. The largest absolute Gasteiger partial charge is 0.472 e. The molecule has 64 valence electrons. The Labute approximate surface area is 72.1 Å². The first-order valence-electron chi connectivity index (χ1n) is 4.35. The van der Waals surface area contributed by atoms with Gasteiger partial charge in [0.15, 0.2) is 0 Å². The highest BCUT2D eigenvalue weighted by Gasteiger charge is 2.11. The number of rotatable bonds is 1. The molecular formula is C10H13NO. The van der Waals surface area contributed by atoms with Crippen LogP contribution in [0.4, 0.5) is 0 Å². The second-order valence-electron chi connectivity index (χ2n) is 3.26. The molecule has 0 saturated carbocycles. The minimum absolute atomic E-state index is 0.239. The first-order valence-corrected chi connectivity index (χ1v) is 4.35. The van der Waals surface area contributed by atoms with E-state index in [0.29, 0.717) is 0 Å². The van der Waals surface area contributed by atoms with Crippen molar-refractivity contribution in [3.05, 3.63) is 30.2 Å². The van der Waals surface area contributed by atoms with Gasteiger partial charge in [-0.05, 0) is 30.9 Å². The Morgan fingerprint density at radius 3 is 3.08 bits per heavy atom. The van der Waals surface area contributed by atoms with E-state index in [1.807, 2.05) is 6.07 Å². The molecule has 1 heterocycles. The Bertz CT molecular complexity index is 274. The zero-order chi connectivity index (χ0) is 8.39. The zero-order valence-corrected chi connectivity index (χ0v) is 6.99. The fourth-order valence-corrected chi connectivity index (χ4v) is 1.64. The number of hydrogen-bond donors (Lipinski definition) is 1. The summed E-state index contributed by atoms with van der Waals surface area (Å²) in [6.07, 6.45) is 9.07. The number of nitrogens with two attached hydrogens (primary N) is 1. The molecule has 1 unspecified atom stereocenters. The number of hydrogen-bond acceptors (Lipinski definition) is 2. The third-order valence-corrected chi connectivity index (χ3v) is 2.29. The van der Waals surface area contributed by atoms with Gasteiger partial charge in [0.2, 0.25) is 0 Å². The molecule has 1 aromatic heterocycles. The lowest BCUT2D eigenvalue weighted by Gasteiger charge is -2.16. The molecule has 0 saturated heterocycles. The molecule has 2 heteroatoms. The Balaban J connectivity index is 2.23. The summed E-state index contributed by atoms with van der Waals surface area (Å²) in [6.45, 7) is 0. The minimum Gasteiger partial charge on any atom is -0.472 e. The molecular weight excluding hydrogens is 150 g/mol. The van der Waals surface area contributed by atoms with Crippen LogP contribution in [0.15, 0.2) is 29.1 Å². The highest BCUT2D eigenvalue weighted by molar-refractivity contribution is 5.65. The maximum Gasteiger partial charge on any atom is 0.0977 e. The highest BCUT2D eigenvalue weighted by atomic mass is 16.3. The van der Waals surface area contributed by atoms with Crippen molar-refractivity contribution in [3.63, 3.8) is 0 Å². The van der Waals surface area contributed by atoms with Crippen molar-refractivity contribution in [2.24, 2.45) is 5.73 Å². The third kappa shape index (κ3) is 1.43. The average molecular weight is 163 g/mol. The molecule has 0 bridgehead atoms. The van der Waals surface area contributed by atoms with Crippen LogP contribution in [-0.2, 0) is 0 Å². The van der Waals surface area contributed by atoms with Gasteiger partial charge in [0, 0.05) is 11.6 Å².